The topological polar surface area (TPSA) is 598 Å². The van der Waals surface area contributed by atoms with E-state index in [1.807, 2.05) is 140 Å². The molecule has 93 heavy (non-hydrogen) atoms. The Kier molecular flexibility index (Phi) is 32.2. The number of aromatic nitrogens is 2. The maximum Gasteiger partial charge on any atom is 1.00 e. The Morgan fingerprint density at radius 1 is 0.484 bits per heavy atom. The van der Waals surface area contributed by atoms with Gasteiger partial charge in [-0.25, -0.2) is 70.6 Å². The SMILES string of the molecule is CC(=O)O.CC1=[N+](C)N(c2ccccc2)C(=O)C1=Nc1cc(C)c(N)cc1N.CC1=[N+](C)N(c2ccccc2)C(=O)C1=Nc1cc(C)c(N)cc1N.Cc1c(N=O)c(=O)n(-c2ccccc2)n1C.Cc1ccc(N)cc1N.[Na+].[O-][Cl+3]([O-])([O-])[O-].[O-][Cl+3]([O-])([O-])[O-].[O-][Cl+3]([O-])([O-])[O-]. The number of para-hydroxylation sites is 3. The molecule has 0 saturated heterocycles. The van der Waals surface area contributed by atoms with Gasteiger partial charge in [-0.1, -0.05) is 70.7 Å². The summed E-state index contributed by atoms with van der Waals surface area (Å²) in [6.45, 7) is 12.2. The molecule has 9 rings (SSSR count). The number of aliphatic carboxylic acids is 1. The number of halogens is 3. The van der Waals surface area contributed by atoms with Crippen molar-refractivity contribution in [3.05, 3.63) is 171 Å². The van der Waals surface area contributed by atoms with Crippen LogP contribution in [0.4, 0.5) is 62.6 Å². The number of hydrogen-bond donors (Lipinski definition) is 7. The Morgan fingerprint density at radius 2 is 0.785 bits per heavy atom. The number of rotatable bonds is 6. The first kappa shape index (κ1) is 82.2. The summed E-state index contributed by atoms with van der Waals surface area (Å²) in [4.78, 5) is 66.2. The van der Waals surface area contributed by atoms with E-state index in [9.17, 15) is 19.3 Å². The molecule has 494 valence electrons. The van der Waals surface area contributed by atoms with Crippen LogP contribution in [0.2, 0.25) is 0 Å². The fraction of sp³-hybridized carbons (Fsp3) is 0.179. The number of nitroso groups, excluding NO2 is 1. The van der Waals surface area contributed by atoms with Gasteiger partial charge in [0.05, 0.1) is 34.1 Å². The van der Waals surface area contributed by atoms with Gasteiger partial charge < -0.3 is 39.5 Å². The number of nitrogens with two attached hydrogens (primary N) is 6. The first-order valence-corrected chi connectivity index (χ1v) is 29.4. The van der Waals surface area contributed by atoms with E-state index in [1.165, 1.54) is 4.68 Å². The van der Waals surface area contributed by atoms with Crippen LogP contribution in [0.1, 0.15) is 43.2 Å². The van der Waals surface area contributed by atoms with E-state index in [-0.39, 0.29) is 52.6 Å². The van der Waals surface area contributed by atoms with E-state index in [2.05, 4.69) is 15.2 Å². The van der Waals surface area contributed by atoms with Crippen LogP contribution in [0.15, 0.2) is 153 Å². The zero-order chi connectivity index (χ0) is 70.5. The summed E-state index contributed by atoms with van der Waals surface area (Å²) >= 11 is 0. The number of nitrogen functional groups attached to an aromatic ring is 6. The van der Waals surface area contributed by atoms with Gasteiger partial charge in [0, 0.05) is 50.6 Å². The normalized spacial score (nSPS) is 13.4. The predicted molar refractivity (Wildman–Crippen MR) is 310 cm³/mol. The van der Waals surface area contributed by atoms with Crippen molar-refractivity contribution >= 4 is 103 Å². The molecule has 2 aliphatic heterocycles. The summed E-state index contributed by atoms with van der Waals surface area (Å²) in [5, 5.41) is 13.4. The Bertz CT molecular complexity index is 3720. The van der Waals surface area contributed by atoms with Gasteiger partial charge in [-0.15, -0.1) is 45.0 Å². The molecule has 0 atom stereocenters. The zero-order valence-corrected chi connectivity index (χ0v) is 56.0. The van der Waals surface area contributed by atoms with Crippen LogP contribution in [-0.4, -0.2) is 78.6 Å². The van der Waals surface area contributed by atoms with Crippen molar-refractivity contribution in [1.82, 2.24) is 9.36 Å². The molecule has 2 amide bonds. The molecule has 0 fully saturated rings. The molecule has 13 N–H and O–H groups in total. The Balaban J connectivity index is 0.000000582. The van der Waals surface area contributed by atoms with Crippen LogP contribution in [0.5, 0.6) is 0 Å². The van der Waals surface area contributed by atoms with E-state index in [0.717, 1.165) is 57.8 Å². The molecule has 7 aromatic rings. The van der Waals surface area contributed by atoms with E-state index < -0.39 is 36.7 Å². The number of anilines is 8. The zero-order valence-electron chi connectivity index (χ0n) is 51.7. The monoisotopic (exact) mass is 1360 g/mol. The van der Waals surface area contributed by atoms with Crippen LogP contribution in [0, 0.1) is 63.3 Å². The Morgan fingerprint density at radius 3 is 1.06 bits per heavy atom. The van der Waals surface area contributed by atoms with Gasteiger partial charge in [0.25, 0.3) is 5.97 Å². The van der Waals surface area contributed by atoms with E-state index in [4.69, 9.17) is 100 Å². The quantitative estimate of drug-likeness (QED) is 0.0352. The second-order valence-electron chi connectivity index (χ2n) is 18.8. The van der Waals surface area contributed by atoms with Gasteiger partial charge in [-0.2, -0.15) is 0 Å². The summed E-state index contributed by atoms with van der Waals surface area (Å²) in [6.07, 6.45) is 0. The van der Waals surface area contributed by atoms with E-state index >= 15 is 0 Å². The minimum Gasteiger partial charge on any atom is -0.481 e. The molecule has 0 spiro atoms. The minimum atomic E-state index is -4.94. The van der Waals surface area contributed by atoms with Crippen molar-refractivity contribution in [3.63, 3.8) is 0 Å². The molecule has 6 aromatic carbocycles. The van der Waals surface area contributed by atoms with Crippen LogP contribution in [-0.2, 0) is 21.4 Å². The molecule has 2 aliphatic rings. The van der Waals surface area contributed by atoms with Crippen molar-refractivity contribution in [1.29, 1.82) is 0 Å². The third-order valence-electron chi connectivity index (χ3n) is 12.3. The number of carboxylic acid groups (broad SMARTS) is 1. The molecule has 33 nitrogen and oxygen atoms in total. The van der Waals surface area contributed by atoms with Crippen LogP contribution in [0.3, 0.4) is 0 Å². The standard InChI is InChI=1S/2C18H19N5O.C11H11N3O2.C7H10N2.C2H4O2.3ClHO4.Na/c2*1-11-9-16(15(20)10-14(11)19)21-17-12(2)22(3)23(18(17)24)13-7-5-4-6-8-13;1-8-10(12-16)11(15)14(13(8)2)9-6-4-3-5-7-9;1-5-2-3-6(8)4-7(5)9;1-2(3)4;3*2-1(3,4)5;/h2*4-10H,1-3H3,(H3,19,20);3-7H,1-2H3;2-4H,8-9H2,1H3;1H3,(H,3,4);3*(H,2,3,4,5);/q;;;;;;;;+1/p-1. The van der Waals surface area contributed by atoms with Gasteiger partial charge in [-0.3, -0.25) is 23.9 Å². The average molecular weight is 1370 g/mol. The maximum absolute atomic E-state index is 12.9. The van der Waals surface area contributed by atoms with Crippen LogP contribution >= 0.6 is 0 Å². The van der Waals surface area contributed by atoms with Crippen LogP contribution < -0.4 is 135 Å². The van der Waals surface area contributed by atoms with Crippen molar-refractivity contribution in [2.45, 2.75) is 48.5 Å². The Hall–Kier alpha value is -8.79. The van der Waals surface area contributed by atoms with E-state index in [0.29, 0.717) is 56.9 Å². The number of hydrazine groups is 2. The number of carboxylic acids is 1. The molecular weight excluding hydrogens is 1300 g/mol. The predicted octanol–water partition coefficient (Wildman–Crippen LogP) is -9.54. The largest absolute Gasteiger partial charge is 1.00 e. The number of carbonyl (C=O) groups excluding carboxylic acids is 2. The smallest absolute Gasteiger partial charge is 0.481 e. The van der Waals surface area contributed by atoms with Gasteiger partial charge in [0.15, 0.2) is 19.8 Å². The number of amides is 2. The maximum atomic E-state index is 12.9. The molecule has 37 heteroatoms. The third kappa shape index (κ3) is 27.1. The van der Waals surface area contributed by atoms with Crippen molar-refractivity contribution < 1.29 is 145 Å². The van der Waals surface area contributed by atoms with Crippen molar-refractivity contribution in [2.24, 2.45) is 22.2 Å². The first-order chi connectivity index (χ1) is 42.4. The summed E-state index contributed by atoms with van der Waals surface area (Å²) in [5.74, 6) is -1.20. The molecule has 1 aromatic heterocycles. The van der Waals surface area contributed by atoms with E-state index in [1.54, 1.807) is 80.5 Å². The minimum absolute atomic E-state index is 0. The number of aliphatic imine (C=N–C) groups is 2. The molecule has 0 aliphatic carbocycles. The molecular formula is C56H65Cl3N15NaO18. The number of hydrogen-bond acceptors (Lipinski definition) is 26. The van der Waals surface area contributed by atoms with Gasteiger partial charge >= 0.3 is 46.9 Å². The second kappa shape index (κ2) is 36.5. The number of aryl methyl sites for hydroxylation is 3. The van der Waals surface area contributed by atoms with Crippen LogP contribution in [0.25, 0.3) is 5.69 Å². The summed E-state index contributed by atoms with van der Waals surface area (Å²) in [7, 11) is -9.45. The molecule has 3 heterocycles. The third-order valence-corrected chi connectivity index (χ3v) is 12.3. The second-order valence-corrected chi connectivity index (χ2v) is 21.1. The fourth-order valence-corrected chi connectivity index (χ4v) is 7.57. The average Bonchev–Trinajstić information content (AvgIpc) is 1.66. The summed E-state index contributed by atoms with van der Waals surface area (Å²) < 4.78 is 109. The summed E-state index contributed by atoms with van der Waals surface area (Å²) in [6, 6.07) is 40.5. The van der Waals surface area contributed by atoms with Gasteiger partial charge in [-0.05, 0) is 122 Å². The molecule has 0 saturated carbocycles. The van der Waals surface area contributed by atoms with Crippen molar-refractivity contribution in [2.75, 3.05) is 58.5 Å². The number of nitrogens with zero attached hydrogens (tertiary/aromatic N) is 9. The fourth-order valence-electron chi connectivity index (χ4n) is 7.57. The molecule has 0 radical (unpaired) electrons. The number of carbonyl (C=O) groups is 3. The molecule has 0 bridgehead atoms. The van der Waals surface area contributed by atoms with Gasteiger partial charge in [0.1, 0.15) is 11.4 Å². The molecule has 0 unspecified atom stereocenters. The Labute approximate surface area is 560 Å². The van der Waals surface area contributed by atoms with Gasteiger partial charge in [0.2, 0.25) is 22.8 Å². The number of benzene rings is 6. The van der Waals surface area contributed by atoms with Crippen molar-refractivity contribution in [3.8, 4) is 5.69 Å². The summed E-state index contributed by atoms with van der Waals surface area (Å²) in [5.41, 5.74) is 46.9. The number of hydrazone groups is 2. The first-order valence-electron chi connectivity index (χ1n) is 25.7.